The van der Waals surface area contributed by atoms with Gasteiger partial charge in [-0.3, -0.25) is 19.7 Å². The lowest BCUT2D eigenvalue weighted by atomic mass is 9.81. The first-order chi connectivity index (χ1) is 26.0. The summed E-state index contributed by atoms with van der Waals surface area (Å²) < 4.78 is 27.8. The number of imidazole rings is 2. The van der Waals surface area contributed by atoms with E-state index in [4.69, 9.17) is 40.8 Å². The summed E-state index contributed by atoms with van der Waals surface area (Å²) in [5, 5.41) is 2.86. The molecule has 2 aromatic carbocycles. The zero-order valence-electron chi connectivity index (χ0n) is 31.1. The highest BCUT2D eigenvalue weighted by atomic mass is 16.6. The Hall–Kier alpha value is -6.59. The maximum Gasteiger partial charge on any atom is 0.410 e. The fourth-order valence-electron chi connectivity index (χ4n) is 6.75. The highest BCUT2D eigenvalue weighted by Crippen LogP contribution is 2.38. The molecule has 0 unspecified atom stereocenters. The minimum absolute atomic E-state index is 0.0103. The number of hydrogen-bond donors (Lipinski definition) is 4. The number of benzene rings is 2. The molecule has 1 saturated heterocycles. The van der Waals surface area contributed by atoms with Gasteiger partial charge in [0.2, 0.25) is 29.5 Å². The zero-order chi connectivity index (χ0) is 39.4. The van der Waals surface area contributed by atoms with Crippen molar-refractivity contribution in [2.45, 2.75) is 59.7 Å². The van der Waals surface area contributed by atoms with Crippen LogP contribution >= 0.6 is 0 Å². The largest absolute Gasteiger partial charge is 0.490 e. The SMILES string of the molecule is CCc1nc(C)oc1C(=O)Nc1nc2cc(C(N)=O)cc3c2n1C/C=C\Cn1c(N)nc2cc(C(N)=O)cc(c21)OCC1(CO3)CN(C(=O)OC(C)(C)C)C1. The summed E-state index contributed by atoms with van der Waals surface area (Å²) >= 11 is 0. The van der Waals surface area contributed by atoms with Gasteiger partial charge >= 0.3 is 6.09 Å². The van der Waals surface area contributed by atoms with Crippen LogP contribution in [0.15, 0.2) is 40.8 Å². The number of aromatic nitrogens is 5. The van der Waals surface area contributed by atoms with Crippen molar-refractivity contribution in [1.29, 1.82) is 0 Å². The Morgan fingerprint density at radius 1 is 0.873 bits per heavy atom. The maximum absolute atomic E-state index is 13.6. The molecule has 0 atom stereocenters. The molecule has 2 aliphatic heterocycles. The molecule has 18 heteroatoms. The summed E-state index contributed by atoms with van der Waals surface area (Å²) in [5.74, 6) is -0.682. The number of carbonyl (C=O) groups is 4. The molecule has 5 aromatic rings. The number of amides is 4. The van der Waals surface area contributed by atoms with Crippen molar-refractivity contribution >= 4 is 57.8 Å². The molecule has 4 amide bonds. The third kappa shape index (κ3) is 7.09. The van der Waals surface area contributed by atoms with Crippen LogP contribution in [-0.2, 0) is 24.2 Å². The molecule has 1 fully saturated rings. The highest BCUT2D eigenvalue weighted by Gasteiger charge is 2.48. The van der Waals surface area contributed by atoms with Crippen molar-refractivity contribution < 1.29 is 37.8 Å². The second-order valence-corrected chi connectivity index (χ2v) is 14.7. The summed E-state index contributed by atoms with van der Waals surface area (Å²) in [5.41, 5.74) is 18.8. The number of nitrogens with two attached hydrogens (primary N) is 3. The summed E-state index contributed by atoms with van der Waals surface area (Å²) in [6.45, 7) is 9.65. The van der Waals surface area contributed by atoms with E-state index in [1.165, 1.54) is 23.1 Å². The Kier molecular flexibility index (Phi) is 9.14. The van der Waals surface area contributed by atoms with Gasteiger partial charge in [0.15, 0.2) is 5.89 Å². The first-order valence-electron chi connectivity index (χ1n) is 17.6. The predicted octanol–water partition coefficient (Wildman–Crippen LogP) is 3.54. The molecule has 0 bridgehead atoms. The van der Waals surface area contributed by atoms with Crippen molar-refractivity contribution in [2.75, 3.05) is 37.4 Å². The van der Waals surface area contributed by atoms with E-state index in [-0.39, 0.29) is 73.9 Å². The van der Waals surface area contributed by atoms with Crippen LogP contribution in [-0.4, -0.2) is 84.7 Å². The van der Waals surface area contributed by atoms with Crippen molar-refractivity contribution in [3.63, 3.8) is 0 Å². The van der Waals surface area contributed by atoms with Crippen molar-refractivity contribution in [1.82, 2.24) is 29.0 Å². The minimum atomic E-state index is -0.821. The Balaban J connectivity index is 1.35. The highest BCUT2D eigenvalue weighted by molar-refractivity contribution is 6.04. The number of rotatable bonds is 5. The average Bonchev–Trinajstić information content (AvgIpc) is 3.75. The van der Waals surface area contributed by atoms with E-state index in [0.29, 0.717) is 45.8 Å². The number of hydrogen-bond acceptors (Lipinski definition) is 12. The quantitative estimate of drug-likeness (QED) is 0.188. The number of anilines is 2. The Morgan fingerprint density at radius 3 is 2.00 bits per heavy atom. The van der Waals surface area contributed by atoms with Gasteiger partial charge in [0.05, 0.1) is 22.1 Å². The Morgan fingerprint density at radius 2 is 1.44 bits per heavy atom. The molecular weight excluding hydrogens is 712 g/mol. The lowest BCUT2D eigenvalue weighted by Crippen LogP contribution is -2.64. The number of aryl methyl sites for hydroxylation is 2. The molecule has 7 N–H and O–H groups in total. The van der Waals surface area contributed by atoms with Crippen LogP contribution in [0, 0.1) is 12.3 Å². The lowest BCUT2D eigenvalue weighted by molar-refractivity contribution is -0.0692. The standard InChI is InChI=1S/C37H42N10O8/c1-6-22-29(54-19(2)41-22)32(50)44-34-43-24-12-21(31(39)49)14-26-28(24)47(34)10-8-7-9-46-27-23(42-33(46)40)11-20(30(38)48)13-25(27)52-17-37(18-53-26)15-45(16-37)35(51)55-36(3,4)5/h7-8,11-14H,6,9-10,15-18H2,1-5H3,(H2,38,48)(H2,39,49)(H2,40,42)(H,43,44,50)/b8-7-. The molecule has 55 heavy (non-hydrogen) atoms. The fourth-order valence-corrected chi connectivity index (χ4v) is 6.75. The lowest BCUT2D eigenvalue weighted by Gasteiger charge is -2.49. The fraction of sp³-hybridized carbons (Fsp3) is 0.378. The molecule has 288 valence electrons. The number of nitrogens with one attached hydrogen (secondary N) is 1. The number of carbonyl (C=O) groups excluding carboxylic acids is 4. The van der Waals surface area contributed by atoms with E-state index in [9.17, 15) is 19.2 Å². The summed E-state index contributed by atoms with van der Waals surface area (Å²) in [6.07, 6.45) is 3.65. The molecule has 5 heterocycles. The number of likely N-dealkylation sites (tertiary alicyclic amines) is 1. The first kappa shape index (κ1) is 36.8. The van der Waals surface area contributed by atoms with Gasteiger partial charge in [-0.15, -0.1) is 0 Å². The molecule has 0 saturated carbocycles. The second-order valence-electron chi connectivity index (χ2n) is 14.7. The third-order valence-corrected chi connectivity index (χ3v) is 9.30. The maximum atomic E-state index is 13.6. The van der Waals surface area contributed by atoms with E-state index in [1.807, 2.05) is 19.1 Å². The number of primary amides is 2. The van der Waals surface area contributed by atoms with E-state index in [0.717, 1.165) is 0 Å². The van der Waals surface area contributed by atoms with E-state index in [1.54, 1.807) is 42.9 Å². The van der Waals surface area contributed by atoms with Crippen LogP contribution in [0.4, 0.5) is 16.7 Å². The van der Waals surface area contributed by atoms with Crippen LogP contribution < -0.4 is 32.0 Å². The van der Waals surface area contributed by atoms with Gasteiger partial charge in [-0.2, -0.15) is 0 Å². The number of allylic oxidation sites excluding steroid dienone is 2. The molecule has 3 aromatic heterocycles. The van der Waals surface area contributed by atoms with Crippen LogP contribution in [0.5, 0.6) is 11.5 Å². The van der Waals surface area contributed by atoms with Gasteiger partial charge in [0.25, 0.3) is 5.91 Å². The Labute approximate surface area is 314 Å². The van der Waals surface area contributed by atoms with Gasteiger partial charge in [-0.1, -0.05) is 19.1 Å². The number of ether oxygens (including phenoxy) is 3. The number of oxazole rings is 1. The topological polar surface area (TPSA) is 251 Å². The second kappa shape index (κ2) is 13.7. The van der Waals surface area contributed by atoms with Gasteiger partial charge in [0.1, 0.15) is 41.3 Å². The van der Waals surface area contributed by atoms with E-state index >= 15 is 0 Å². The van der Waals surface area contributed by atoms with Gasteiger partial charge in [-0.25, -0.2) is 19.7 Å². The van der Waals surface area contributed by atoms with Crippen LogP contribution in [0.3, 0.4) is 0 Å². The smallest absolute Gasteiger partial charge is 0.410 e. The minimum Gasteiger partial charge on any atom is -0.490 e. The molecule has 18 nitrogen and oxygen atoms in total. The summed E-state index contributed by atoms with van der Waals surface area (Å²) in [7, 11) is 0. The predicted molar refractivity (Wildman–Crippen MR) is 200 cm³/mol. The van der Waals surface area contributed by atoms with Crippen molar-refractivity contribution in [2.24, 2.45) is 16.9 Å². The zero-order valence-corrected chi connectivity index (χ0v) is 31.1. The third-order valence-electron chi connectivity index (χ3n) is 9.30. The normalized spacial score (nSPS) is 16.1. The van der Waals surface area contributed by atoms with Gasteiger partial charge < -0.3 is 49.9 Å². The van der Waals surface area contributed by atoms with E-state index < -0.39 is 34.8 Å². The molecular formula is C37H42N10O8. The van der Waals surface area contributed by atoms with E-state index in [2.05, 4.69) is 15.3 Å². The monoisotopic (exact) mass is 754 g/mol. The number of nitrogen functional groups attached to an aromatic ring is 1. The summed E-state index contributed by atoms with van der Waals surface area (Å²) in [6, 6.07) is 6.12. The molecule has 1 spiro atoms. The molecule has 2 aliphatic rings. The van der Waals surface area contributed by atoms with Crippen LogP contribution in [0.1, 0.15) is 70.6 Å². The average molecular weight is 755 g/mol. The Bertz CT molecular complexity index is 2410. The van der Waals surface area contributed by atoms with Gasteiger partial charge in [0, 0.05) is 44.2 Å². The van der Waals surface area contributed by atoms with Gasteiger partial charge in [-0.05, 0) is 51.5 Å². The van der Waals surface area contributed by atoms with Crippen LogP contribution in [0.2, 0.25) is 0 Å². The molecule has 0 aliphatic carbocycles. The van der Waals surface area contributed by atoms with Crippen molar-refractivity contribution in [3.8, 4) is 11.5 Å². The molecule has 7 rings (SSSR count). The number of nitrogens with zero attached hydrogens (tertiary/aromatic N) is 6. The molecule has 0 radical (unpaired) electrons. The van der Waals surface area contributed by atoms with Crippen molar-refractivity contribution in [3.05, 3.63) is 64.9 Å². The summed E-state index contributed by atoms with van der Waals surface area (Å²) in [4.78, 5) is 66.7. The first-order valence-corrected chi connectivity index (χ1v) is 17.6. The van der Waals surface area contributed by atoms with Crippen LogP contribution in [0.25, 0.3) is 22.1 Å².